The molecular formula is C21H26N8O2. The van der Waals surface area contributed by atoms with Crippen molar-refractivity contribution in [2.24, 2.45) is 0 Å². The third-order valence-electron chi connectivity index (χ3n) is 5.93. The van der Waals surface area contributed by atoms with Crippen LogP contribution in [-0.2, 0) is 24.3 Å². The van der Waals surface area contributed by atoms with Gasteiger partial charge in [-0.1, -0.05) is 6.07 Å². The molecule has 162 valence electrons. The summed E-state index contributed by atoms with van der Waals surface area (Å²) in [6.45, 7) is 3.04. The van der Waals surface area contributed by atoms with Crippen LogP contribution in [0.25, 0.3) is 0 Å². The first-order valence-electron chi connectivity index (χ1n) is 10.8. The Morgan fingerprint density at radius 2 is 2.13 bits per heavy atom. The SMILES string of the molecule is O=C(CCc1nc(N2CCC(c3ccccn3)CC2)no1)NC1Cn2ccnc2CN1. The predicted molar refractivity (Wildman–Crippen MR) is 112 cm³/mol. The number of anilines is 1. The molecule has 1 atom stereocenters. The van der Waals surface area contributed by atoms with Crippen molar-refractivity contribution in [1.29, 1.82) is 0 Å². The molecule has 1 unspecified atom stereocenters. The minimum Gasteiger partial charge on any atom is -0.339 e. The molecule has 0 aliphatic carbocycles. The average Bonchev–Trinajstić information content (AvgIpc) is 3.48. The van der Waals surface area contributed by atoms with Gasteiger partial charge in [0.25, 0.3) is 5.95 Å². The summed E-state index contributed by atoms with van der Waals surface area (Å²) < 4.78 is 7.43. The van der Waals surface area contributed by atoms with Crippen molar-refractivity contribution in [2.45, 2.75) is 50.9 Å². The summed E-state index contributed by atoms with van der Waals surface area (Å²) in [7, 11) is 0. The van der Waals surface area contributed by atoms with Crippen LogP contribution in [0.5, 0.6) is 0 Å². The van der Waals surface area contributed by atoms with E-state index in [0.29, 0.717) is 43.7 Å². The number of nitrogens with zero attached hydrogens (tertiary/aromatic N) is 6. The highest BCUT2D eigenvalue weighted by Gasteiger charge is 2.25. The molecule has 5 heterocycles. The lowest BCUT2D eigenvalue weighted by Crippen LogP contribution is -2.50. The highest BCUT2D eigenvalue weighted by molar-refractivity contribution is 5.76. The topological polar surface area (TPSA) is 114 Å². The van der Waals surface area contributed by atoms with Crippen molar-refractivity contribution in [1.82, 2.24) is 35.3 Å². The molecule has 1 saturated heterocycles. The number of hydrogen-bond donors (Lipinski definition) is 2. The summed E-state index contributed by atoms with van der Waals surface area (Å²) in [5.74, 6) is 2.51. The Morgan fingerprint density at radius 3 is 2.97 bits per heavy atom. The molecule has 5 rings (SSSR count). The van der Waals surface area contributed by atoms with Gasteiger partial charge in [0.15, 0.2) is 0 Å². The Balaban J connectivity index is 1.08. The zero-order valence-electron chi connectivity index (χ0n) is 17.3. The molecule has 0 radical (unpaired) electrons. The van der Waals surface area contributed by atoms with Gasteiger partial charge in [0.1, 0.15) is 5.82 Å². The van der Waals surface area contributed by atoms with Crippen LogP contribution < -0.4 is 15.5 Å². The number of piperidine rings is 1. The van der Waals surface area contributed by atoms with E-state index in [4.69, 9.17) is 4.52 Å². The van der Waals surface area contributed by atoms with Crippen molar-refractivity contribution in [3.63, 3.8) is 0 Å². The van der Waals surface area contributed by atoms with Crippen LogP contribution in [0.2, 0.25) is 0 Å². The smallest absolute Gasteiger partial charge is 0.266 e. The molecule has 31 heavy (non-hydrogen) atoms. The number of imidazole rings is 1. The van der Waals surface area contributed by atoms with Crippen molar-refractivity contribution in [3.05, 3.63) is 54.2 Å². The van der Waals surface area contributed by atoms with Crippen LogP contribution in [0.4, 0.5) is 5.95 Å². The quantitative estimate of drug-likeness (QED) is 0.610. The van der Waals surface area contributed by atoms with Crippen molar-refractivity contribution in [2.75, 3.05) is 18.0 Å². The Bertz CT molecular complexity index is 1010. The number of hydrogen-bond acceptors (Lipinski definition) is 8. The third-order valence-corrected chi connectivity index (χ3v) is 5.93. The molecule has 0 saturated carbocycles. The highest BCUT2D eigenvalue weighted by atomic mass is 16.5. The second-order valence-corrected chi connectivity index (χ2v) is 8.00. The number of nitrogens with one attached hydrogen (secondary N) is 2. The van der Waals surface area contributed by atoms with Crippen LogP contribution in [0.15, 0.2) is 41.3 Å². The first-order chi connectivity index (χ1) is 15.2. The summed E-state index contributed by atoms with van der Waals surface area (Å²) in [4.78, 5) is 27.7. The fourth-order valence-electron chi connectivity index (χ4n) is 4.20. The van der Waals surface area contributed by atoms with Gasteiger partial charge in [-0.3, -0.25) is 15.1 Å². The minimum atomic E-state index is -0.104. The maximum atomic E-state index is 12.3. The number of rotatable bonds is 6. The zero-order chi connectivity index (χ0) is 21.0. The Labute approximate surface area is 180 Å². The Hall–Kier alpha value is -3.27. The number of carbonyl (C=O) groups is 1. The van der Waals surface area contributed by atoms with E-state index < -0.39 is 0 Å². The van der Waals surface area contributed by atoms with Gasteiger partial charge < -0.3 is 19.3 Å². The van der Waals surface area contributed by atoms with Crippen molar-refractivity contribution < 1.29 is 9.32 Å². The van der Waals surface area contributed by atoms with Crippen LogP contribution in [0, 0.1) is 0 Å². The number of pyridine rings is 1. The second kappa shape index (κ2) is 8.84. The molecule has 2 N–H and O–H groups in total. The molecule has 1 amide bonds. The van der Waals surface area contributed by atoms with Gasteiger partial charge in [0.05, 0.1) is 19.3 Å². The van der Waals surface area contributed by atoms with Gasteiger partial charge in [0, 0.05) is 56.1 Å². The largest absolute Gasteiger partial charge is 0.339 e. The summed E-state index contributed by atoms with van der Waals surface area (Å²) in [5, 5.41) is 10.4. The van der Waals surface area contributed by atoms with E-state index in [1.165, 1.54) is 0 Å². The molecular weight excluding hydrogens is 396 g/mol. The third kappa shape index (κ3) is 4.58. The zero-order valence-corrected chi connectivity index (χ0v) is 17.3. The average molecular weight is 422 g/mol. The van der Waals surface area contributed by atoms with Gasteiger partial charge >= 0.3 is 0 Å². The van der Waals surface area contributed by atoms with Crippen LogP contribution in [-0.4, -0.2) is 49.8 Å². The second-order valence-electron chi connectivity index (χ2n) is 8.00. The molecule has 10 heteroatoms. The molecule has 0 bridgehead atoms. The molecule has 0 aromatic carbocycles. The molecule has 3 aromatic heterocycles. The van der Waals surface area contributed by atoms with E-state index in [0.717, 1.165) is 37.4 Å². The maximum Gasteiger partial charge on any atom is 0.266 e. The van der Waals surface area contributed by atoms with E-state index in [-0.39, 0.29) is 12.1 Å². The lowest BCUT2D eigenvalue weighted by molar-refractivity contribution is -0.122. The first-order valence-corrected chi connectivity index (χ1v) is 10.8. The van der Waals surface area contributed by atoms with E-state index in [2.05, 4.69) is 41.7 Å². The fraction of sp³-hybridized carbons (Fsp3) is 0.476. The minimum absolute atomic E-state index is 0.0445. The van der Waals surface area contributed by atoms with Crippen LogP contribution in [0.3, 0.4) is 0 Å². The van der Waals surface area contributed by atoms with E-state index in [1.807, 2.05) is 29.1 Å². The molecule has 3 aromatic rings. The number of fused-ring (bicyclic) bond motifs is 1. The first kappa shape index (κ1) is 19.7. The van der Waals surface area contributed by atoms with Gasteiger partial charge in [0.2, 0.25) is 11.8 Å². The maximum absolute atomic E-state index is 12.3. The van der Waals surface area contributed by atoms with Gasteiger partial charge in [-0.05, 0) is 30.1 Å². The standard InChI is InChI=1S/C21H26N8O2/c30-19(25-17-14-29-12-9-23-18(29)13-24-17)4-5-20-26-21(27-31-20)28-10-6-15(7-11-28)16-3-1-2-8-22-16/h1-3,8-9,12,15,17,24H,4-7,10-11,13-14H2,(H,25,30). The van der Waals surface area contributed by atoms with E-state index in [1.54, 1.807) is 6.20 Å². The lowest BCUT2D eigenvalue weighted by Gasteiger charge is -2.30. The Morgan fingerprint density at radius 1 is 1.23 bits per heavy atom. The predicted octanol–water partition coefficient (Wildman–Crippen LogP) is 1.22. The summed E-state index contributed by atoms with van der Waals surface area (Å²) in [5.41, 5.74) is 1.15. The van der Waals surface area contributed by atoms with Crippen LogP contribution in [0.1, 0.15) is 42.6 Å². The molecule has 2 aliphatic rings. The number of aromatic nitrogens is 5. The summed E-state index contributed by atoms with van der Waals surface area (Å²) >= 11 is 0. The number of amides is 1. The highest BCUT2D eigenvalue weighted by Crippen LogP contribution is 2.28. The lowest BCUT2D eigenvalue weighted by atomic mass is 9.93. The monoisotopic (exact) mass is 422 g/mol. The molecule has 0 spiro atoms. The van der Waals surface area contributed by atoms with Crippen molar-refractivity contribution >= 4 is 11.9 Å². The molecule has 1 fully saturated rings. The number of carbonyl (C=O) groups excluding carboxylic acids is 1. The summed E-state index contributed by atoms with van der Waals surface area (Å²) in [6, 6.07) is 6.07. The van der Waals surface area contributed by atoms with Gasteiger partial charge in [-0.2, -0.15) is 4.98 Å². The fourth-order valence-corrected chi connectivity index (χ4v) is 4.20. The normalized spacial score (nSPS) is 19.2. The molecule has 10 nitrogen and oxygen atoms in total. The van der Waals surface area contributed by atoms with Gasteiger partial charge in [-0.25, -0.2) is 4.98 Å². The van der Waals surface area contributed by atoms with Crippen LogP contribution >= 0.6 is 0 Å². The number of aryl methyl sites for hydroxylation is 1. The van der Waals surface area contributed by atoms with Gasteiger partial charge in [-0.15, -0.1) is 0 Å². The van der Waals surface area contributed by atoms with E-state index in [9.17, 15) is 4.79 Å². The molecule has 2 aliphatic heterocycles. The Kier molecular flexibility index (Phi) is 5.61. The summed E-state index contributed by atoms with van der Waals surface area (Å²) in [6.07, 6.45) is 8.19. The van der Waals surface area contributed by atoms with E-state index >= 15 is 0 Å². The van der Waals surface area contributed by atoms with Crippen molar-refractivity contribution in [3.8, 4) is 0 Å².